The Morgan fingerprint density at radius 3 is 2.76 bits per heavy atom. The van der Waals surface area contributed by atoms with Crippen LogP contribution in [0, 0.1) is 22.0 Å². The van der Waals surface area contributed by atoms with Crippen molar-refractivity contribution in [1.29, 1.82) is 0 Å². The summed E-state index contributed by atoms with van der Waals surface area (Å²) >= 11 is 0. The van der Waals surface area contributed by atoms with Crippen LogP contribution in [-0.2, 0) is 4.79 Å². The van der Waals surface area contributed by atoms with Gasteiger partial charge in [-0.25, -0.2) is 0 Å². The van der Waals surface area contributed by atoms with Crippen LogP contribution in [0.4, 0.5) is 5.69 Å². The van der Waals surface area contributed by atoms with Gasteiger partial charge in [-0.3, -0.25) is 14.9 Å². The maximum atomic E-state index is 12.5. The van der Waals surface area contributed by atoms with Crippen molar-refractivity contribution in [3.05, 3.63) is 28.3 Å². The summed E-state index contributed by atoms with van der Waals surface area (Å²) in [5.74, 6) is 1.72. The Morgan fingerprint density at radius 2 is 2.04 bits per heavy atom. The number of nitrogens with zero attached hydrogens (tertiary/aromatic N) is 2. The fourth-order valence-electron chi connectivity index (χ4n) is 3.95. The Morgan fingerprint density at radius 1 is 1.28 bits per heavy atom. The van der Waals surface area contributed by atoms with E-state index in [2.05, 4.69) is 0 Å². The molecule has 1 saturated heterocycles. The highest BCUT2D eigenvalue weighted by Gasteiger charge is 2.33. The van der Waals surface area contributed by atoms with E-state index >= 15 is 0 Å². The van der Waals surface area contributed by atoms with E-state index in [0.29, 0.717) is 11.7 Å². The van der Waals surface area contributed by atoms with Crippen LogP contribution in [0.15, 0.2) is 18.2 Å². The second kappa shape index (κ2) is 7.72. The summed E-state index contributed by atoms with van der Waals surface area (Å²) in [7, 11) is 1.44. The Kier molecular flexibility index (Phi) is 5.40. The smallest absolute Gasteiger partial charge is 0.314 e. The molecular weight excluding hydrogens is 324 g/mol. The molecule has 0 bridgehead atoms. The molecule has 7 heteroatoms. The van der Waals surface area contributed by atoms with Gasteiger partial charge in [0.2, 0.25) is 0 Å². The number of carbonyl (C=O) groups excluding carboxylic acids is 1. The highest BCUT2D eigenvalue weighted by Crippen LogP contribution is 2.36. The molecule has 0 spiro atoms. The number of benzene rings is 1. The van der Waals surface area contributed by atoms with Gasteiger partial charge in [0.1, 0.15) is 5.75 Å². The van der Waals surface area contributed by atoms with E-state index in [9.17, 15) is 14.9 Å². The molecular formula is C18H24N2O5. The van der Waals surface area contributed by atoms with Gasteiger partial charge >= 0.3 is 5.69 Å². The molecule has 7 nitrogen and oxygen atoms in total. The van der Waals surface area contributed by atoms with Gasteiger partial charge in [-0.05, 0) is 36.8 Å². The summed E-state index contributed by atoms with van der Waals surface area (Å²) < 4.78 is 10.5. The predicted molar refractivity (Wildman–Crippen MR) is 91.8 cm³/mol. The third-order valence-corrected chi connectivity index (χ3v) is 5.36. The maximum Gasteiger partial charge on any atom is 0.314 e. The van der Waals surface area contributed by atoms with Crippen molar-refractivity contribution in [3.8, 4) is 11.5 Å². The van der Waals surface area contributed by atoms with Crippen molar-refractivity contribution < 1.29 is 19.2 Å². The number of likely N-dealkylation sites (tertiary alicyclic amines) is 1. The van der Waals surface area contributed by atoms with Crippen LogP contribution in [0.25, 0.3) is 0 Å². The molecule has 1 saturated carbocycles. The number of hydrogen-bond acceptors (Lipinski definition) is 5. The summed E-state index contributed by atoms with van der Waals surface area (Å²) in [5, 5.41) is 11.2. The molecule has 1 amide bonds. The fraction of sp³-hybridized carbons (Fsp3) is 0.611. The van der Waals surface area contributed by atoms with Crippen LogP contribution in [0.3, 0.4) is 0 Å². The van der Waals surface area contributed by atoms with Gasteiger partial charge in [0.25, 0.3) is 5.91 Å². The lowest BCUT2D eigenvalue weighted by Crippen LogP contribution is -2.46. The van der Waals surface area contributed by atoms with Crippen LogP contribution in [0.5, 0.6) is 11.5 Å². The molecule has 25 heavy (non-hydrogen) atoms. The first-order chi connectivity index (χ1) is 12.1. The summed E-state index contributed by atoms with van der Waals surface area (Å²) in [6, 6.07) is 4.35. The number of rotatable bonds is 5. The van der Waals surface area contributed by atoms with Gasteiger partial charge in [-0.2, -0.15) is 0 Å². The molecule has 1 aromatic carbocycles. The largest absolute Gasteiger partial charge is 0.496 e. The average molecular weight is 348 g/mol. The minimum atomic E-state index is -0.532. The Labute approximate surface area is 147 Å². The summed E-state index contributed by atoms with van der Waals surface area (Å²) in [5.41, 5.74) is -0.196. The van der Waals surface area contributed by atoms with E-state index in [1.807, 2.05) is 4.90 Å². The van der Waals surface area contributed by atoms with E-state index in [0.717, 1.165) is 25.4 Å². The Balaban J connectivity index is 1.60. The van der Waals surface area contributed by atoms with Crippen LogP contribution in [0.1, 0.15) is 32.1 Å². The monoisotopic (exact) mass is 348 g/mol. The second-order valence-corrected chi connectivity index (χ2v) is 6.81. The van der Waals surface area contributed by atoms with Gasteiger partial charge in [-0.1, -0.05) is 19.3 Å². The number of methoxy groups -OCH3 is 1. The minimum absolute atomic E-state index is 0.0895. The number of fused-ring (bicyclic) bond motifs is 1. The van der Waals surface area contributed by atoms with Crippen molar-refractivity contribution in [1.82, 2.24) is 4.90 Å². The van der Waals surface area contributed by atoms with Crippen LogP contribution < -0.4 is 9.47 Å². The Bertz CT molecular complexity index is 648. The highest BCUT2D eigenvalue weighted by molar-refractivity contribution is 5.78. The molecule has 0 aromatic heterocycles. The molecule has 2 aliphatic rings. The van der Waals surface area contributed by atoms with Crippen molar-refractivity contribution in [3.63, 3.8) is 0 Å². The quantitative estimate of drug-likeness (QED) is 0.603. The second-order valence-electron chi connectivity index (χ2n) is 6.81. The van der Waals surface area contributed by atoms with Crippen molar-refractivity contribution in [2.24, 2.45) is 11.8 Å². The summed E-state index contributed by atoms with van der Waals surface area (Å²) in [6.07, 6.45) is 6.08. The third-order valence-electron chi connectivity index (χ3n) is 5.36. The van der Waals surface area contributed by atoms with Crippen molar-refractivity contribution in [2.45, 2.75) is 32.1 Å². The summed E-state index contributed by atoms with van der Waals surface area (Å²) in [6.45, 7) is 1.37. The normalized spacial score (nSPS) is 22.8. The molecule has 3 rings (SSSR count). The predicted octanol–water partition coefficient (Wildman–Crippen LogP) is 3.02. The molecule has 0 radical (unpaired) electrons. The highest BCUT2D eigenvalue weighted by atomic mass is 16.6. The molecule has 2 fully saturated rings. The lowest BCUT2D eigenvalue weighted by atomic mass is 9.75. The molecule has 1 heterocycles. The van der Waals surface area contributed by atoms with Crippen LogP contribution in [-0.4, -0.2) is 42.5 Å². The molecule has 0 N–H and O–H groups in total. The standard InChI is InChI=1S/C18H24N2O5/c1-24-15-6-7-17(16(10-15)20(22)23)25-12-18(21)19-9-8-13-4-2-3-5-14(13)11-19/h6-7,10,13-14H,2-5,8-9,11-12H2,1H3/t13-,14+/m1/s1. The number of nitro groups is 1. The van der Waals surface area contributed by atoms with Crippen molar-refractivity contribution in [2.75, 3.05) is 26.8 Å². The maximum absolute atomic E-state index is 12.5. The number of ether oxygens (including phenoxy) is 2. The van der Waals surface area contributed by atoms with Gasteiger partial charge in [0.05, 0.1) is 18.1 Å². The van der Waals surface area contributed by atoms with Gasteiger partial charge in [-0.15, -0.1) is 0 Å². The van der Waals surface area contributed by atoms with E-state index in [1.54, 1.807) is 6.07 Å². The van der Waals surface area contributed by atoms with Crippen molar-refractivity contribution >= 4 is 11.6 Å². The first-order valence-corrected chi connectivity index (χ1v) is 8.81. The van der Waals surface area contributed by atoms with Gasteiger partial charge < -0.3 is 14.4 Å². The molecule has 1 aromatic rings. The van der Waals surface area contributed by atoms with E-state index in [1.165, 1.54) is 44.9 Å². The fourth-order valence-corrected chi connectivity index (χ4v) is 3.95. The van der Waals surface area contributed by atoms with Crippen LogP contribution >= 0.6 is 0 Å². The molecule has 1 aliphatic heterocycles. The Hall–Kier alpha value is -2.31. The van der Waals surface area contributed by atoms with E-state index in [-0.39, 0.29) is 24.0 Å². The number of amides is 1. The molecule has 1 aliphatic carbocycles. The number of hydrogen-bond donors (Lipinski definition) is 0. The number of carbonyl (C=O) groups is 1. The van der Waals surface area contributed by atoms with Gasteiger partial charge in [0.15, 0.2) is 12.4 Å². The number of nitro benzene ring substituents is 1. The van der Waals surface area contributed by atoms with E-state index in [4.69, 9.17) is 9.47 Å². The van der Waals surface area contributed by atoms with E-state index < -0.39 is 4.92 Å². The zero-order valence-electron chi connectivity index (χ0n) is 14.5. The lowest BCUT2D eigenvalue weighted by molar-refractivity contribution is -0.385. The minimum Gasteiger partial charge on any atom is -0.496 e. The molecule has 136 valence electrons. The third kappa shape index (κ3) is 4.03. The zero-order valence-corrected chi connectivity index (χ0v) is 14.5. The first kappa shape index (κ1) is 17.5. The first-order valence-electron chi connectivity index (χ1n) is 8.81. The summed E-state index contributed by atoms with van der Waals surface area (Å²) in [4.78, 5) is 24.9. The lowest BCUT2D eigenvalue weighted by Gasteiger charge is -2.41. The average Bonchev–Trinajstić information content (AvgIpc) is 2.65. The molecule has 0 unspecified atom stereocenters. The SMILES string of the molecule is COc1ccc(OCC(=O)N2CC[C@H]3CCCC[C@H]3C2)c([N+](=O)[O-])c1. The topological polar surface area (TPSA) is 81.9 Å². The number of piperidine rings is 1. The van der Waals surface area contributed by atoms with Gasteiger partial charge in [0, 0.05) is 13.1 Å². The van der Waals surface area contributed by atoms with Crippen LogP contribution in [0.2, 0.25) is 0 Å². The zero-order chi connectivity index (χ0) is 17.8. The molecule has 2 atom stereocenters.